The van der Waals surface area contributed by atoms with Gasteiger partial charge in [-0.1, -0.05) is 13.0 Å². The molecule has 10 nitrogen and oxygen atoms in total. The fourth-order valence-electron chi connectivity index (χ4n) is 4.59. The number of hydrogen-bond donors (Lipinski definition) is 2. The maximum Gasteiger partial charge on any atom is 0.331 e. The van der Waals surface area contributed by atoms with Gasteiger partial charge >= 0.3 is 6.03 Å². The number of pyridine rings is 2. The number of halogens is 2. The molecule has 44 heavy (non-hydrogen) atoms. The molecule has 4 aromatic rings. The van der Waals surface area contributed by atoms with Crippen molar-refractivity contribution in [2.75, 3.05) is 22.1 Å². The summed E-state index contributed by atoms with van der Waals surface area (Å²) in [6, 6.07) is 14.7. The molecular weight excluding hydrogens is 570 g/mol. The molecule has 0 bridgehead atoms. The molecular formula is C32H30F2N6O4. The smallest absolute Gasteiger partial charge is 0.331 e. The number of aryl methyl sites for hydroxylation is 1. The summed E-state index contributed by atoms with van der Waals surface area (Å²) in [6.07, 6.45) is 4.14. The zero-order valence-electron chi connectivity index (χ0n) is 24.3. The third kappa shape index (κ3) is 6.64. The van der Waals surface area contributed by atoms with Gasteiger partial charge in [0.1, 0.15) is 29.1 Å². The Labute approximate surface area is 252 Å². The number of urea groups is 1. The minimum absolute atomic E-state index is 0.0904. The fraction of sp³-hybridized carbons (Fsp3) is 0.219. The third-order valence-corrected chi connectivity index (χ3v) is 7.01. The molecule has 0 aliphatic carbocycles. The Morgan fingerprint density at radius 1 is 1.00 bits per heavy atom. The van der Waals surface area contributed by atoms with Crippen LogP contribution in [0, 0.1) is 17.6 Å². The normalized spacial score (nSPS) is 15.0. The molecule has 1 atom stereocenters. The molecule has 1 fully saturated rings. The molecule has 2 aromatic carbocycles. The summed E-state index contributed by atoms with van der Waals surface area (Å²) in [7, 11) is 0. The Morgan fingerprint density at radius 2 is 1.77 bits per heavy atom. The molecule has 5 rings (SSSR count). The van der Waals surface area contributed by atoms with Crippen molar-refractivity contribution in [3.8, 4) is 11.5 Å². The van der Waals surface area contributed by atoms with Crippen molar-refractivity contribution in [2.24, 2.45) is 5.92 Å². The highest BCUT2D eigenvalue weighted by Crippen LogP contribution is 2.30. The number of ether oxygens (including phenoxy) is 1. The molecule has 12 heteroatoms. The first-order chi connectivity index (χ1) is 21.1. The standard InChI is InChI=1S/C32H30F2N6O4/c1-4-20-5-12-28(36-17-20)38-29-16-24(13-14-35-29)44-27-11-8-22(15-26(27)34)37-30(41)25-18-39(19(2)3)32(43)40(31(25)42)23-9-6-21(33)7-10-23/h5-17,19,25H,4,18H2,1-3H3,(H,37,41)(H,35,36,38). The van der Waals surface area contributed by atoms with Crippen LogP contribution in [0.15, 0.2) is 79.1 Å². The quantitative estimate of drug-likeness (QED) is 0.217. The number of carbonyl (C=O) groups is 3. The molecule has 226 valence electrons. The van der Waals surface area contributed by atoms with E-state index in [4.69, 9.17) is 4.74 Å². The lowest BCUT2D eigenvalue weighted by Crippen LogP contribution is -2.61. The van der Waals surface area contributed by atoms with Crippen LogP contribution < -0.4 is 20.3 Å². The molecule has 0 spiro atoms. The zero-order chi connectivity index (χ0) is 31.4. The van der Waals surface area contributed by atoms with Crippen molar-refractivity contribution < 1.29 is 27.9 Å². The maximum absolute atomic E-state index is 15.1. The average Bonchev–Trinajstić information content (AvgIpc) is 3.00. The lowest BCUT2D eigenvalue weighted by atomic mass is 10.0. The van der Waals surface area contributed by atoms with Crippen LogP contribution in [0.2, 0.25) is 0 Å². The lowest BCUT2D eigenvalue weighted by molar-refractivity contribution is -0.132. The van der Waals surface area contributed by atoms with Crippen molar-refractivity contribution in [1.82, 2.24) is 14.9 Å². The van der Waals surface area contributed by atoms with Gasteiger partial charge in [-0.3, -0.25) is 9.59 Å². The molecule has 1 unspecified atom stereocenters. The molecule has 2 aromatic heterocycles. The molecule has 2 N–H and O–H groups in total. The number of aromatic nitrogens is 2. The first-order valence-electron chi connectivity index (χ1n) is 14.0. The van der Waals surface area contributed by atoms with Gasteiger partial charge in [0, 0.05) is 42.8 Å². The minimum atomic E-state index is -1.28. The second-order valence-electron chi connectivity index (χ2n) is 10.4. The van der Waals surface area contributed by atoms with Crippen LogP contribution in [0.25, 0.3) is 0 Å². The van der Waals surface area contributed by atoms with E-state index in [2.05, 4.69) is 20.6 Å². The highest BCUT2D eigenvalue weighted by atomic mass is 19.1. The Morgan fingerprint density at radius 3 is 2.43 bits per heavy atom. The van der Waals surface area contributed by atoms with Crippen molar-refractivity contribution in [3.63, 3.8) is 0 Å². The summed E-state index contributed by atoms with van der Waals surface area (Å²) in [4.78, 5) is 50.5. The summed E-state index contributed by atoms with van der Waals surface area (Å²) >= 11 is 0. The number of amides is 4. The highest BCUT2D eigenvalue weighted by molar-refractivity contribution is 6.23. The van der Waals surface area contributed by atoms with Gasteiger partial charge in [0.15, 0.2) is 11.6 Å². The molecule has 1 aliphatic rings. The van der Waals surface area contributed by atoms with Crippen LogP contribution in [-0.2, 0) is 16.0 Å². The van der Waals surface area contributed by atoms with Crippen LogP contribution in [0.5, 0.6) is 11.5 Å². The van der Waals surface area contributed by atoms with Crippen LogP contribution in [0.3, 0.4) is 0 Å². The Hall–Kier alpha value is -5.39. The first kappa shape index (κ1) is 30.1. The Balaban J connectivity index is 1.28. The second-order valence-corrected chi connectivity index (χ2v) is 10.4. The van der Waals surface area contributed by atoms with E-state index in [1.807, 2.05) is 19.1 Å². The summed E-state index contributed by atoms with van der Waals surface area (Å²) in [5.74, 6) is -2.81. The van der Waals surface area contributed by atoms with Gasteiger partial charge in [-0.15, -0.1) is 0 Å². The SMILES string of the molecule is CCc1ccc(Nc2cc(Oc3ccc(NC(=O)C4CN(C(C)C)C(=O)N(c5ccc(F)cc5)C4=O)cc3F)ccn2)nc1. The minimum Gasteiger partial charge on any atom is -0.454 e. The number of anilines is 4. The van der Waals surface area contributed by atoms with Crippen LogP contribution >= 0.6 is 0 Å². The van der Waals surface area contributed by atoms with Gasteiger partial charge < -0.3 is 20.3 Å². The monoisotopic (exact) mass is 600 g/mol. The summed E-state index contributed by atoms with van der Waals surface area (Å²) < 4.78 is 34.3. The largest absolute Gasteiger partial charge is 0.454 e. The maximum atomic E-state index is 15.1. The number of rotatable bonds is 9. The van der Waals surface area contributed by atoms with Gasteiger partial charge in [0.2, 0.25) is 11.8 Å². The number of hydrogen-bond acceptors (Lipinski definition) is 7. The van der Waals surface area contributed by atoms with E-state index < -0.39 is 35.4 Å². The summed E-state index contributed by atoms with van der Waals surface area (Å²) in [5.41, 5.74) is 1.32. The van der Waals surface area contributed by atoms with E-state index in [1.165, 1.54) is 35.4 Å². The predicted octanol–water partition coefficient (Wildman–Crippen LogP) is 6.29. The summed E-state index contributed by atoms with van der Waals surface area (Å²) in [5, 5.41) is 5.64. The van der Waals surface area contributed by atoms with E-state index in [9.17, 15) is 18.8 Å². The predicted molar refractivity (Wildman–Crippen MR) is 161 cm³/mol. The van der Waals surface area contributed by atoms with Crippen molar-refractivity contribution in [2.45, 2.75) is 33.2 Å². The van der Waals surface area contributed by atoms with E-state index in [1.54, 1.807) is 32.2 Å². The number of carbonyl (C=O) groups excluding carboxylic acids is 3. The molecule has 0 saturated carbocycles. The Bertz CT molecular complexity index is 1680. The molecule has 4 amide bonds. The number of nitrogens with one attached hydrogen (secondary N) is 2. The van der Waals surface area contributed by atoms with Gasteiger partial charge in [-0.25, -0.2) is 28.4 Å². The van der Waals surface area contributed by atoms with Crippen molar-refractivity contribution in [3.05, 3.63) is 96.3 Å². The lowest BCUT2D eigenvalue weighted by Gasteiger charge is -2.39. The van der Waals surface area contributed by atoms with Crippen molar-refractivity contribution in [1.29, 1.82) is 0 Å². The number of benzene rings is 2. The topological polar surface area (TPSA) is 117 Å². The molecule has 0 radical (unpaired) electrons. The number of imide groups is 1. The number of nitrogens with zero attached hydrogens (tertiary/aromatic N) is 4. The fourth-order valence-corrected chi connectivity index (χ4v) is 4.59. The molecule has 1 saturated heterocycles. The second kappa shape index (κ2) is 12.9. The van der Waals surface area contributed by atoms with Crippen LogP contribution in [-0.4, -0.2) is 45.3 Å². The van der Waals surface area contributed by atoms with Gasteiger partial charge in [0.25, 0.3) is 0 Å². The Kier molecular flexibility index (Phi) is 8.79. The van der Waals surface area contributed by atoms with Crippen molar-refractivity contribution >= 4 is 40.9 Å². The first-order valence-corrected chi connectivity index (χ1v) is 14.0. The average molecular weight is 601 g/mol. The molecule has 1 aliphatic heterocycles. The van der Waals surface area contributed by atoms with E-state index >= 15 is 4.39 Å². The highest BCUT2D eigenvalue weighted by Gasteiger charge is 2.44. The molecule has 3 heterocycles. The van der Waals surface area contributed by atoms with E-state index in [-0.39, 0.29) is 29.7 Å². The van der Waals surface area contributed by atoms with Crippen LogP contribution in [0.1, 0.15) is 26.3 Å². The third-order valence-electron chi connectivity index (χ3n) is 7.01. The van der Waals surface area contributed by atoms with Crippen LogP contribution in [0.4, 0.5) is 36.6 Å². The van der Waals surface area contributed by atoms with Gasteiger partial charge in [-0.05, 0) is 74.4 Å². The van der Waals surface area contributed by atoms with E-state index in [0.29, 0.717) is 17.4 Å². The summed E-state index contributed by atoms with van der Waals surface area (Å²) in [6.45, 7) is 5.38. The van der Waals surface area contributed by atoms with E-state index in [0.717, 1.165) is 35.1 Å². The van der Waals surface area contributed by atoms with Gasteiger partial charge in [0.05, 0.1) is 5.69 Å². The zero-order valence-corrected chi connectivity index (χ0v) is 24.3. The van der Waals surface area contributed by atoms with Gasteiger partial charge in [-0.2, -0.15) is 0 Å².